The van der Waals surface area contributed by atoms with E-state index < -0.39 is 4.92 Å². The summed E-state index contributed by atoms with van der Waals surface area (Å²) < 4.78 is 0. The molecule has 0 aliphatic heterocycles. The van der Waals surface area contributed by atoms with Crippen LogP contribution in [0.15, 0.2) is 42.9 Å². The van der Waals surface area contributed by atoms with E-state index in [9.17, 15) is 10.1 Å². The number of rotatable bonds is 4. The van der Waals surface area contributed by atoms with Gasteiger partial charge >= 0.3 is 0 Å². The van der Waals surface area contributed by atoms with Crippen LogP contribution in [0.2, 0.25) is 0 Å². The molecule has 0 aliphatic carbocycles. The van der Waals surface area contributed by atoms with Crippen LogP contribution < -0.4 is 5.32 Å². The molecule has 0 bridgehead atoms. The maximum absolute atomic E-state index is 10.7. The Hall–Kier alpha value is -2.96. The molecule has 2 heterocycles. The third-order valence-corrected chi connectivity index (χ3v) is 2.90. The van der Waals surface area contributed by atoms with Crippen LogP contribution in [0.3, 0.4) is 0 Å². The van der Waals surface area contributed by atoms with Crippen molar-refractivity contribution in [1.82, 2.24) is 15.0 Å². The van der Waals surface area contributed by atoms with Crippen LogP contribution in [-0.2, 0) is 6.54 Å². The lowest BCUT2D eigenvalue weighted by atomic mass is 10.2. The Morgan fingerprint density at radius 3 is 2.95 bits per heavy atom. The van der Waals surface area contributed by atoms with Crippen molar-refractivity contribution >= 4 is 22.4 Å². The highest BCUT2D eigenvalue weighted by Gasteiger charge is 2.07. The Morgan fingerprint density at radius 1 is 1.30 bits per heavy atom. The molecule has 7 heteroatoms. The van der Waals surface area contributed by atoms with Crippen LogP contribution in [0, 0.1) is 10.1 Å². The summed E-state index contributed by atoms with van der Waals surface area (Å²) in [5.41, 5.74) is 1.73. The molecule has 100 valence electrons. The largest absolute Gasteiger partial charge is 0.364 e. The summed E-state index contributed by atoms with van der Waals surface area (Å²) in [7, 11) is 0. The Bertz CT molecular complexity index is 755. The van der Waals surface area contributed by atoms with Crippen LogP contribution >= 0.6 is 0 Å². The van der Waals surface area contributed by atoms with E-state index in [4.69, 9.17) is 0 Å². The minimum absolute atomic E-state index is 0.0671. The molecule has 3 aromatic rings. The molecule has 7 nitrogen and oxygen atoms in total. The fourth-order valence-electron chi connectivity index (χ4n) is 1.89. The summed E-state index contributed by atoms with van der Waals surface area (Å²) in [6.07, 6.45) is 3.35. The SMILES string of the molecule is O=[N+]([O-])c1ccc2nc(NCc3cnc[nH]3)ccc2c1. The highest BCUT2D eigenvalue weighted by Crippen LogP contribution is 2.21. The Labute approximate surface area is 113 Å². The zero-order chi connectivity index (χ0) is 13.9. The molecule has 0 unspecified atom stereocenters. The molecule has 0 atom stereocenters. The predicted molar refractivity (Wildman–Crippen MR) is 74.3 cm³/mol. The van der Waals surface area contributed by atoms with Gasteiger partial charge in [-0.3, -0.25) is 10.1 Å². The molecule has 0 spiro atoms. The maximum atomic E-state index is 10.7. The first kappa shape index (κ1) is 12.1. The lowest BCUT2D eigenvalue weighted by molar-refractivity contribution is -0.384. The van der Waals surface area contributed by atoms with Crippen LogP contribution in [0.4, 0.5) is 11.5 Å². The highest BCUT2D eigenvalue weighted by molar-refractivity contribution is 5.82. The van der Waals surface area contributed by atoms with Crippen LogP contribution in [0.1, 0.15) is 5.69 Å². The molecule has 0 saturated carbocycles. The molecule has 0 aliphatic rings. The Balaban J connectivity index is 1.83. The average Bonchev–Trinajstić information content (AvgIpc) is 2.97. The average molecular weight is 269 g/mol. The lowest BCUT2D eigenvalue weighted by Gasteiger charge is -2.05. The van der Waals surface area contributed by atoms with Crippen LogP contribution in [-0.4, -0.2) is 19.9 Å². The molecule has 20 heavy (non-hydrogen) atoms. The zero-order valence-corrected chi connectivity index (χ0v) is 10.4. The quantitative estimate of drug-likeness (QED) is 0.560. The summed E-state index contributed by atoms with van der Waals surface area (Å²) in [6.45, 7) is 0.589. The number of pyridine rings is 1. The van der Waals surface area contributed by atoms with E-state index in [1.807, 2.05) is 6.07 Å². The van der Waals surface area contributed by atoms with E-state index in [1.54, 1.807) is 24.7 Å². The lowest BCUT2D eigenvalue weighted by Crippen LogP contribution is -2.01. The molecule has 0 saturated heterocycles. The van der Waals surface area contributed by atoms with Gasteiger partial charge in [0.15, 0.2) is 0 Å². The third-order valence-electron chi connectivity index (χ3n) is 2.90. The molecular formula is C13H11N5O2. The van der Waals surface area contributed by atoms with Crippen molar-refractivity contribution < 1.29 is 4.92 Å². The van der Waals surface area contributed by atoms with Gasteiger partial charge in [0.05, 0.1) is 29.0 Å². The van der Waals surface area contributed by atoms with Gasteiger partial charge in [0.1, 0.15) is 5.82 Å². The number of anilines is 1. The fraction of sp³-hybridized carbons (Fsp3) is 0.0769. The van der Waals surface area contributed by atoms with Crippen molar-refractivity contribution in [2.45, 2.75) is 6.54 Å². The summed E-state index contributed by atoms with van der Waals surface area (Å²) in [6, 6.07) is 8.22. The predicted octanol–water partition coefficient (Wildman–Crippen LogP) is 2.48. The Morgan fingerprint density at radius 2 is 2.20 bits per heavy atom. The first-order valence-electron chi connectivity index (χ1n) is 5.99. The Kier molecular flexibility index (Phi) is 3.00. The smallest absolute Gasteiger partial charge is 0.270 e. The number of hydrogen-bond acceptors (Lipinski definition) is 5. The number of nitro benzene ring substituents is 1. The first-order valence-corrected chi connectivity index (χ1v) is 5.99. The number of aromatic nitrogens is 3. The minimum Gasteiger partial charge on any atom is -0.364 e. The van der Waals surface area contributed by atoms with Crippen molar-refractivity contribution in [3.63, 3.8) is 0 Å². The number of H-pyrrole nitrogens is 1. The minimum atomic E-state index is -0.413. The van der Waals surface area contributed by atoms with Crippen molar-refractivity contribution in [1.29, 1.82) is 0 Å². The van der Waals surface area contributed by atoms with E-state index in [2.05, 4.69) is 20.3 Å². The van der Waals surface area contributed by atoms with Gasteiger partial charge in [0, 0.05) is 23.7 Å². The number of benzene rings is 1. The second kappa shape index (κ2) is 4.96. The van der Waals surface area contributed by atoms with Crippen molar-refractivity contribution in [3.05, 3.63) is 58.7 Å². The number of nitrogens with zero attached hydrogens (tertiary/aromatic N) is 3. The fourth-order valence-corrected chi connectivity index (χ4v) is 1.89. The number of non-ortho nitro benzene ring substituents is 1. The van der Waals surface area contributed by atoms with Crippen molar-refractivity contribution in [3.8, 4) is 0 Å². The number of nitro groups is 1. The molecule has 2 N–H and O–H groups in total. The van der Waals surface area contributed by atoms with Crippen LogP contribution in [0.5, 0.6) is 0 Å². The van der Waals surface area contributed by atoms with E-state index in [0.29, 0.717) is 17.9 Å². The monoisotopic (exact) mass is 269 g/mol. The summed E-state index contributed by atoms with van der Waals surface area (Å²) in [5.74, 6) is 0.709. The normalized spacial score (nSPS) is 10.6. The third kappa shape index (κ3) is 2.41. The van der Waals surface area contributed by atoms with E-state index in [0.717, 1.165) is 11.1 Å². The zero-order valence-electron chi connectivity index (χ0n) is 10.4. The van der Waals surface area contributed by atoms with Gasteiger partial charge in [-0.15, -0.1) is 0 Å². The van der Waals surface area contributed by atoms with Crippen molar-refractivity contribution in [2.75, 3.05) is 5.32 Å². The van der Waals surface area contributed by atoms with Gasteiger partial charge in [-0.1, -0.05) is 0 Å². The van der Waals surface area contributed by atoms with E-state index in [-0.39, 0.29) is 5.69 Å². The standard InChI is InChI=1S/C13H11N5O2/c19-18(20)11-2-3-12-9(5-11)1-4-13(17-12)15-7-10-6-14-8-16-10/h1-6,8H,7H2,(H,14,16)(H,15,17). The maximum Gasteiger partial charge on any atom is 0.270 e. The number of fused-ring (bicyclic) bond motifs is 1. The number of hydrogen-bond donors (Lipinski definition) is 2. The summed E-state index contributed by atoms with van der Waals surface area (Å²) in [4.78, 5) is 21.6. The molecule has 1 aromatic carbocycles. The first-order chi connectivity index (χ1) is 9.72. The van der Waals surface area contributed by atoms with E-state index >= 15 is 0 Å². The number of imidazole rings is 1. The van der Waals surface area contributed by atoms with E-state index in [1.165, 1.54) is 12.1 Å². The topological polar surface area (TPSA) is 96.7 Å². The molecule has 0 radical (unpaired) electrons. The molecule has 2 aromatic heterocycles. The summed E-state index contributed by atoms with van der Waals surface area (Å²) >= 11 is 0. The van der Waals surface area contributed by atoms with Gasteiger partial charge in [0.25, 0.3) is 5.69 Å². The number of aromatic amines is 1. The molecule has 0 amide bonds. The molecule has 3 rings (SSSR count). The second-order valence-corrected chi connectivity index (χ2v) is 4.26. The highest BCUT2D eigenvalue weighted by atomic mass is 16.6. The second-order valence-electron chi connectivity index (χ2n) is 4.26. The van der Waals surface area contributed by atoms with Crippen molar-refractivity contribution in [2.24, 2.45) is 0 Å². The summed E-state index contributed by atoms with van der Waals surface area (Å²) in [5, 5.41) is 14.6. The molecule has 0 fully saturated rings. The van der Waals surface area contributed by atoms with Gasteiger partial charge in [-0.05, 0) is 18.2 Å². The van der Waals surface area contributed by atoms with Gasteiger partial charge in [-0.2, -0.15) is 0 Å². The van der Waals surface area contributed by atoms with Gasteiger partial charge < -0.3 is 10.3 Å². The van der Waals surface area contributed by atoms with Gasteiger partial charge in [-0.25, -0.2) is 9.97 Å². The van der Waals surface area contributed by atoms with Crippen LogP contribution in [0.25, 0.3) is 10.9 Å². The number of nitrogens with one attached hydrogen (secondary N) is 2. The van der Waals surface area contributed by atoms with Gasteiger partial charge in [0.2, 0.25) is 0 Å². The molecular weight excluding hydrogens is 258 g/mol.